The number of likely N-dealkylation sites (tertiary alicyclic amines) is 1. The first kappa shape index (κ1) is 23.3. The van der Waals surface area contributed by atoms with Gasteiger partial charge in [-0.1, -0.05) is 0 Å². The zero-order valence-electron chi connectivity index (χ0n) is 15.6. The number of carbonyl (C=O) groups excluding carboxylic acids is 3. The van der Waals surface area contributed by atoms with E-state index in [-0.39, 0.29) is 13.0 Å². The van der Waals surface area contributed by atoms with Gasteiger partial charge in [-0.15, -0.1) is 0 Å². The van der Waals surface area contributed by atoms with Crippen LogP contribution in [0.15, 0.2) is 0 Å². The summed E-state index contributed by atoms with van der Waals surface area (Å²) < 4.78 is 0. The molecule has 1 saturated heterocycles. The number of carboxylic acid groups (broad SMARTS) is 2. The van der Waals surface area contributed by atoms with Crippen molar-refractivity contribution in [3.05, 3.63) is 0 Å². The summed E-state index contributed by atoms with van der Waals surface area (Å²) in [5, 5.41) is 31.7. The summed E-state index contributed by atoms with van der Waals surface area (Å²) in [5.41, 5.74) is 5.63. The molecule has 28 heavy (non-hydrogen) atoms. The maximum absolute atomic E-state index is 12.6. The van der Waals surface area contributed by atoms with Gasteiger partial charge in [0, 0.05) is 6.54 Å². The highest BCUT2D eigenvalue weighted by atomic mass is 16.4. The summed E-state index contributed by atoms with van der Waals surface area (Å²) in [6.45, 7) is 2.75. The molecule has 1 aliphatic rings. The smallest absolute Gasteiger partial charge is 0.325 e. The van der Waals surface area contributed by atoms with E-state index in [2.05, 4.69) is 10.6 Å². The summed E-state index contributed by atoms with van der Waals surface area (Å²) in [7, 11) is 0. The van der Waals surface area contributed by atoms with Crippen LogP contribution in [0.25, 0.3) is 0 Å². The Hall–Kier alpha value is -2.73. The van der Waals surface area contributed by atoms with Gasteiger partial charge in [-0.3, -0.25) is 24.0 Å². The van der Waals surface area contributed by atoms with Crippen LogP contribution in [-0.4, -0.2) is 86.7 Å². The third-order valence-corrected chi connectivity index (χ3v) is 4.38. The van der Waals surface area contributed by atoms with E-state index in [0.29, 0.717) is 6.42 Å². The number of hydrogen-bond acceptors (Lipinski definition) is 7. The van der Waals surface area contributed by atoms with Crippen molar-refractivity contribution < 1.29 is 39.3 Å². The molecular weight excluding hydrogens is 376 g/mol. The maximum Gasteiger partial charge on any atom is 0.325 e. The van der Waals surface area contributed by atoms with Crippen LogP contribution in [0.3, 0.4) is 0 Å². The number of nitrogens with one attached hydrogen (secondary N) is 2. The molecule has 0 aliphatic carbocycles. The maximum atomic E-state index is 12.6. The summed E-state index contributed by atoms with van der Waals surface area (Å²) in [4.78, 5) is 60.1. The lowest BCUT2D eigenvalue weighted by Crippen LogP contribution is -2.57. The highest BCUT2D eigenvalue weighted by Gasteiger charge is 2.39. The fourth-order valence-electron chi connectivity index (χ4n) is 2.73. The van der Waals surface area contributed by atoms with Crippen molar-refractivity contribution >= 4 is 29.7 Å². The van der Waals surface area contributed by atoms with Crippen molar-refractivity contribution in [1.82, 2.24) is 15.5 Å². The lowest BCUT2D eigenvalue weighted by Gasteiger charge is -2.29. The second-order valence-corrected chi connectivity index (χ2v) is 6.68. The van der Waals surface area contributed by atoms with Gasteiger partial charge in [-0.25, -0.2) is 0 Å². The number of carbonyl (C=O) groups is 5. The number of hydrogen-bond donors (Lipinski definition) is 6. The predicted molar refractivity (Wildman–Crippen MR) is 93.8 cm³/mol. The average Bonchev–Trinajstić information content (AvgIpc) is 3.08. The van der Waals surface area contributed by atoms with Crippen molar-refractivity contribution in [1.29, 1.82) is 0 Å². The SMILES string of the molecule is CC(NC(=O)C(CC(=O)O)NC(=O)C1CCCN1C(=O)C(N)C(C)O)C(=O)O. The summed E-state index contributed by atoms with van der Waals surface area (Å²) >= 11 is 0. The van der Waals surface area contributed by atoms with Crippen LogP contribution in [0.1, 0.15) is 33.1 Å². The second kappa shape index (κ2) is 9.99. The fourth-order valence-corrected chi connectivity index (χ4v) is 2.73. The highest BCUT2D eigenvalue weighted by molar-refractivity contribution is 5.95. The van der Waals surface area contributed by atoms with Crippen LogP contribution in [0.4, 0.5) is 0 Å². The number of aliphatic carboxylic acids is 2. The van der Waals surface area contributed by atoms with E-state index < -0.39 is 66.4 Å². The molecule has 0 bridgehead atoms. The number of nitrogens with zero attached hydrogens (tertiary/aromatic N) is 1. The molecule has 0 saturated carbocycles. The lowest BCUT2D eigenvalue weighted by atomic mass is 10.1. The summed E-state index contributed by atoms with van der Waals surface area (Å²) in [6.07, 6.45) is -1.13. The Morgan fingerprint density at radius 3 is 2.25 bits per heavy atom. The van der Waals surface area contributed by atoms with E-state index in [1.165, 1.54) is 18.7 Å². The minimum Gasteiger partial charge on any atom is -0.481 e. The number of rotatable bonds is 9. The molecule has 12 heteroatoms. The van der Waals surface area contributed by atoms with Crippen LogP contribution in [-0.2, 0) is 24.0 Å². The molecule has 0 radical (unpaired) electrons. The Labute approximate surface area is 161 Å². The van der Waals surface area contributed by atoms with Crippen LogP contribution in [0.2, 0.25) is 0 Å². The zero-order chi connectivity index (χ0) is 21.6. The van der Waals surface area contributed by atoms with Crippen LogP contribution >= 0.6 is 0 Å². The summed E-state index contributed by atoms with van der Waals surface area (Å²) in [6, 6.07) is -5.00. The first-order valence-electron chi connectivity index (χ1n) is 8.75. The van der Waals surface area contributed by atoms with Gasteiger partial charge in [0.25, 0.3) is 0 Å². The molecule has 1 fully saturated rings. The third-order valence-electron chi connectivity index (χ3n) is 4.38. The van der Waals surface area contributed by atoms with E-state index in [9.17, 15) is 29.1 Å². The molecule has 0 aromatic carbocycles. The van der Waals surface area contributed by atoms with Crippen LogP contribution in [0, 0.1) is 0 Å². The average molecular weight is 402 g/mol. The second-order valence-electron chi connectivity index (χ2n) is 6.68. The summed E-state index contributed by atoms with van der Waals surface area (Å²) in [5.74, 6) is -5.06. The largest absolute Gasteiger partial charge is 0.481 e. The lowest BCUT2D eigenvalue weighted by molar-refractivity contribution is -0.145. The molecule has 7 N–H and O–H groups in total. The van der Waals surface area contributed by atoms with Gasteiger partial charge >= 0.3 is 11.9 Å². The fraction of sp³-hybridized carbons (Fsp3) is 0.688. The number of nitrogens with two attached hydrogens (primary N) is 1. The first-order valence-corrected chi connectivity index (χ1v) is 8.75. The molecular formula is C16H26N4O8. The van der Waals surface area contributed by atoms with Gasteiger partial charge in [0.15, 0.2) is 0 Å². The normalized spacial score (nSPS) is 20.6. The third kappa shape index (κ3) is 6.16. The Balaban J connectivity index is 2.88. The Morgan fingerprint density at radius 2 is 1.75 bits per heavy atom. The standard InChI is InChI=1S/C16H26N4O8/c1-7(16(27)28)18-13(24)9(6-11(22)23)19-14(25)10-4-3-5-20(10)15(26)12(17)8(2)21/h7-10,12,21H,3-6,17H2,1-2H3,(H,18,24)(H,19,25)(H,22,23)(H,27,28). The van der Waals surface area contributed by atoms with E-state index in [1.54, 1.807) is 0 Å². The monoisotopic (exact) mass is 402 g/mol. The number of amides is 3. The molecule has 0 aromatic heterocycles. The molecule has 1 aliphatic heterocycles. The Morgan fingerprint density at radius 1 is 1.14 bits per heavy atom. The molecule has 1 heterocycles. The molecule has 1 rings (SSSR count). The van der Waals surface area contributed by atoms with Crippen molar-refractivity contribution in [2.45, 2.75) is 63.4 Å². The molecule has 5 atom stereocenters. The first-order chi connectivity index (χ1) is 13.0. The van der Waals surface area contributed by atoms with E-state index >= 15 is 0 Å². The minimum absolute atomic E-state index is 0.225. The minimum atomic E-state index is -1.52. The van der Waals surface area contributed by atoms with E-state index in [1.807, 2.05) is 0 Å². The van der Waals surface area contributed by atoms with Gasteiger partial charge < -0.3 is 36.6 Å². The van der Waals surface area contributed by atoms with Gasteiger partial charge in [0.1, 0.15) is 24.2 Å². The Kier molecular flexibility index (Phi) is 8.32. The van der Waals surface area contributed by atoms with Crippen molar-refractivity contribution in [2.24, 2.45) is 5.73 Å². The van der Waals surface area contributed by atoms with Crippen molar-refractivity contribution in [2.75, 3.05) is 6.54 Å². The van der Waals surface area contributed by atoms with Gasteiger partial charge in [-0.2, -0.15) is 0 Å². The zero-order valence-corrected chi connectivity index (χ0v) is 15.6. The predicted octanol–water partition coefficient (Wildman–Crippen LogP) is -2.77. The molecule has 158 valence electrons. The highest BCUT2D eigenvalue weighted by Crippen LogP contribution is 2.19. The van der Waals surface area contributed by atoms with Crippen LogP contribution < -0.4 is 16.4 Å². The number of carboxylic acids is 2. The molecule has 0 spiro atoms. The van der Waals surface area contributed by atoms with Crippen molar-refractivity contribution in [3.8, 4) is 0 Å². The van der Waals surface area contributed by atoms with E-state index in [0.717, 1.165) is 0 Å². The van der Waals surface area contributed by atoms with Gasteiger partial charge in [-0.05, 0) is 26.7 Å². The molecule has 0 aromatic rings. The number of aliphatic hydroxyl groups is 1. The molecule has 3 amide bonds. The van der Waals surface area contributed by atoms with Gasteiger partial charge in [0.2, 0.25) is 17.7 Å². The molecule has 5 unspecified atom stereocenters. The number of aliphatic hydroxyl groups excluding tert-OH is 1. The van der Waals surface area contributed by atoms with Gasteiger partial charge in [0.05, 0.1) is 12.5 Å². The Bertz CT molecular complexity index is 638. The topological polar surface area (TPSA) is 199 Å². The van der Waals surface area contributed by atoms with Crippen molar-refractivity contribution in [3.63, 3.8) is 0 Å². The van der Waals surface area contributed by atoms with Crippen LogP contribution in [0.5, 0.6) is 0 Å². The quantitative estimate of drug-likeness (QED) is 0.236. The molecule has 12 nitrogen and oxygen atoms in total. The van der Waals surface area contributed by atoms with E-state index in [4.69, 9.17) is 15.9 Å².